The molecule has 0 bridgehead atoms. The Labute approximate surface area is 114 Å². The summed E-state index contributed by atoms with van der Waals surface area (Å²) < 4.78 is 0. The van der Waals surface area contributed by atoms with Crippen molar-refractivity contribution in [3.05, 3.63) is 0 Å². The van der Waals surface area contributed by atoms with E-state index in [1.807, 2.05) is 0 Å². The van der Waals surface area contributed by atoms with Gasteiger partial charge in [0.05, 0.1) is 0 Å². The molecule has 0 spiro atoms. The molecule has 2 rings (SSSR count). The number of hydrogen-bond acceptors (Lipinski definition) is 1. The van der Waals surface area contributed by atoms with Gasteiger partial charge in [-0.2, -0.15) is 0 Å². The first-order valence-electron chi connectivity index (χ1n) is 8.56. The van der Waals surface area contributed by atoms with E-state index in [9.17, 15) is 0 Å². The van der Waals surface area contributed by atoms with Crippen molar-refractivity contribution in [2.75, 3.05) is 6.54 Å². The highest BCUT2D eigenvalue weighted by Gasteiger charge is 2.30. The van der Waals surface area contributed by atoms with Crippen molar-refractivity contribution in [1.82, 2.24) is 5.32 Å². The first kappa shape index (κ1) is 14.4. The minimum absolute atomic E-state index is 0.836. The molecule has 2 aliphatic carbocycles. The number of rotatable bonds is 7. The molecule has 2 saturated carbocycles. The predicted octanol–water partition coefficient (Wildman–Crippen LogP) is 4.76. The van der Waals surface area contributed by atoms with Crippen molar-refractivity contribution < 1.29 is 0 Å². The number of hydrogen-bond donors (Lipinski definition) is 1. The molecule has 106 valence electrons. The van der Waals surface area contributed by atoms with Crippen LogP contribution in [0.4, 0.5) is 0 Å². The van der Waals surface area contributed by atoms with E-state index in [0.29, 0.717) is 0 Å². The van der Waals surface area contributed by atoms with Crippen LogP contribution in [0.15, 0.2) is 0 Å². The monoisotopic (exact) mass is 251 g/mol. The summed E-state index contributed by atoms with van der Waals surface area (Å²) in [6.07, 6.45) is 14.8. The zero-order valence-corrected chi connectivity index (χ0v) is 12.6. The predicted molar refractivity (Wildman–Crippen MR) is 79.8 cm³/mol. The summed E-state index contributed by atoms with van der Waals surface area (Å²) in [7, 11) is 0. The first-order chi connectivity index (χ1) is 8.83. The van der Waals surface area contributed by atoms with Gasteiger partial charge in [0.25, 0.3) is 0 Å². The molecule has 0 aromatic heterocycles. The molecule has 18 heavy (non-hydrogen) atoms. The summed E-state index contributed by atoms with van der Waals surface area (Å²) in [5, 5.41) is 3.80. The molecule has 0 saturated heterocycles. The average molecular weight is 251 g/mol. The van der Waals surface area contributed by atoms with Crippen LogP contribution >= 0.6 is 0 Å². The van der Waals surface area contributed by atoms with Gasteiger partial charge in [0, 0.05) is 6.04 Å². The lowest BCUT2D eigenvalue weighted by atomic mass is 9.72. The maximum absolute atomic E-state index is 3.80. The molecule has 0 radical (unpaired) electrons. The van der Waals surface area contributed by atoms with Gasteiger partial charge in [-0.05, 0) is 43.6 Å². The van der Waals surface area contributed by atoms with Crippen LogP contribution in [0.2, 0.25) is 0 Å². The Kier molecular flexibility index (Phi) is 6.01. The first-order valence-corrected chi connectivity index (χ1v) is 8.56. The molecule has 0 amide bonds. The highest BCUT2D eigenvalue weighted by molar-refractivity contribution is 4.85. The van der Waals surface area contributed by atoms with Crippen molar-refractivity contribution in [2.24, 2.45) is 17.8 Å². The van der Waals surface area contributed by atoms with Crippen molar-refractivity contribution >= 4 is 0 Å². The van der Waals surface area contributed by atoms with Gasteiger partial charge in [0.1, 0.15) is 0 Å². The van der Waals surface area contributed by atoms with Crippen LogP contribution in [0.25, 0.3) is 0 Å². The fourth-order valence-electron chi connectivity index (χ4n) is 4.08. The van der Waals surface area contributed by atoms with E-state index in [-0.39, 0.29) is 0 Å². The van der Waals surface area contributed by atoms with Gasteiger partial charge in [-0.25, -0.2) is 0 Å². The lowest BCUT2D eigenvalue weighted by molar-refractivity contribution is 0.171. The Morgan fingerprint density at radius 1 is 0.944 bits per heavy atom. The Hall–Kier alpha value is -0.0400. The van der Waals surface area contributed by atoms with E-state index in [2.05, 4.69) is 19.2 Å². The second kappa shape index (κ2) is 7.53. The van der Waals surface area contributed by atoms with Crippen molar-refractivity contribution in [3.8, 4) is 0 Å². The molecule has 0 aromatic rings. The molecular formula is C17H33N. The topological polar surface area (TPSA) is 12.0 Å². The molecule has 0 aliphatic heterocycles. The van der Waals surface area contributed by atoms with Gasteiger partial charge in [-0.1, -0.05) is 58.8 Å². The van der Waals surface area contributed by atoms with E-state index >= 15 is 0 Å². The summed E-state index contributed by atoms with van der Waals surface area (Å²) in [6, 6.07) is 0.836. The Bertz CT molecular complexity index is 214. The summed E-state index contributed by atoms with van der Waals surface area (Å²) in [4.78, 5) is 0. The van der Waals surface area contributed by atoms with Crippen LogP contribution in [0.3, 0.4) is 0 Å². The van der Waals surface area contributed by atoms with Gasteiger partial charge < -0.3 is 5.32 Å². The zero-order valence-electron chi connectivity index (χ0n) is 12.6. The third-order valence-electron chi connectivity index (χ3n) is 5.44. The molecule has 0 aromatic carbocycles. The van der Waals surface area contributed by atoms with E-state index in [0.717, 1.165) is 30.3 Å². The van der Waals surface area contributed by atoms with Crippen LogP contribution in [-0.4, -0.2) is 12.6 Å². The van der Waals surface area contributed by atoms with Gasteiger partial charge >= 0.3 is 0 Å². The van der Waals surface area contributed by atoms with Gasteiger partial charge in [0.15, 0.2) is 0 Å². The van der Waals surface area contributed by atoms with Gasteiger partial charge in [-0.3, -0.25) is 0 Å². The third-order valence-corrected chi connectivity index (χ3v) is 5.44. The fraction of sp³-hybridized carbons (Fsp3) is 1.00. The summed E-state index contributed by atoms with van der Waals surface area (Å²) in [5.74, 6) is 3.10. The average Bonchev–Trinajstić information content (AvgIpc) is 2.34. The SMILES string of the molecule is CCCC1CCC(C(CC2CCC2)NCC)CC1. The minimum atomic E-state index is 0.836. The minimum Gasteiger partial charge on any atom is -0.314 e. The van der Waals surface area contributed by atoms with Crippen LogP contribution in [-0.2, 0) is 0 Å². The smallest absolute Gasteiger partial charge is 0.00978 e. The van der Waals surface area contributed by atoms with Crippen molar-refractivity contribution in [1.29, 1.82) is 0 Å². The van der Waals surface area contributed by atoms with E-state index < -0.39 is 0 Å². The lowest BCUT2D eigenvalue weighted by Crippen LogP contribution is -2.40. The molecule has 1 unspecified atom stereocenters. The quantitative estimate of drug-likeness (QED) is 0.688. The van der Waals surface area contributed by atoms with Gasteiger partial charge in [0.2, 0.25) is 0 Å². The fourth-order valence-corrected chi connectivity index (χ4v) is 4.08. The van der Waals surface area contributed by atoms with Crippen molar-refractivity contribution in [3.63, 3.8) is 0 Å². The maximum atomic E-state index is 3.80. The molecule has 1 nitrogen and oxygen atoms in total. The lowest BCUT2D eigenvalue weighted by Gasteiger charge is -2.38. The summed E-state index contributed by atoms with van der Waals surface area (Å²) in [6.45, 7) is 5.77. The second-order valence-electron chi connectivity index (χ2n) is 6.77. The molecule has 1 atom stereocenters. The van der Waals surface area contributed by atoms with E-state index in [1.165, 1.54) is 64.2 Å². The standard InChI is InChI=1S/C17H33N/c1-3-6-14-9-11-16(12-10-14)17(18-4-2)13-15-7-5-8-15/h14-18H,3-13H2,1-2H3. The summed E-state index contributed by atoms with van der Waals surface area (Å²) in [5.41, 5.74) is 0. The largest absolute Gasteiger partial charge is 0.314 e. The van der Waals surface area contributed by atoms with Crippen LogP contribution in [0.1, 0.15) is 78.1 Å². The Balaban J connectivity index is 1.75. The molecule has 1 heteroatoms. The molecule has 2 fully saturated rings. The van der Waals surface area contributed by atoms with E-state index in [1.54, 1.807) is 0 Å². The highest BCUT2D eigenvalue weighted by atomic mass is 14.9. The molecule has 1 N–H and O–H groups in total. The second-order valence-corrected chi connectivity index (χ2v) is 6.77. The Morgan fingerprint density at radius 2 is 1.67 bits per heavy atom. The zero-order chi connectivity index (χ0) is 12.8. The molecular weight excluding hydrogens is 218 g/mol. The third kappa shape index (κ3) is 3.98. The maximum Gasteiger partial charge on any atom is 0.00978 e. The number of nitrogens with one attached hydrogen (secondary N) is 1. The highest BCUT2D eigenvalue weighted by Crippen LogP contribution is 2.37. The summed E-state index contributed by atoms with van der Waals surface area (Å²) >= 11 is 0. The van der Waals surface area contributed by atoms with E-state index in [4.69, 9.17) is 0 Å². The molecule has 2 aliphatic rings. The Morgan fingerprint density at radius 3 is 2.17 bits per heavy atom. The van der Waals surface area contributed by atoms with Crippen LogP contribution < -0.4 is 5.32 Å². The van der Waals surface area contributed by atoms with Crippen molar-refractivity contribution in [2.45, 2.75) is 84.1 Å². The van der Waals surface area contributed by atoms with Crippen LogP contribution in [0, 0.1) is 17.8 Å². The normalized spacial score (nSPS) is 31.0. The van der Waals surface area contributed by atoms with Crippen LogP contribution in [0.5, 0.6) is 0 Å². The molecule has 0 heterocycles. The van der Waals surface area contributed by atoms with Gasteiger partial charge in [-0.15, -0.1) is 0 Å².